The Hall–Kier alpha value is -8.15. The summed E-state index contributed by atoms with van der Waals surface area (Å²) in [5.74, 6) is 2.96. The molecule has 8 nitrogen and oxygen atoms in total. The Morgan fingerprint density at radius 2 is 0.617 bits per heavy atom. The molecular formula is C68H50Cl4O8S. The molecule has 10 aromatic rings. The maximum atomic E-state index is 13.8. The Morgan fingerprint density at radius 3 is 0.951 bits per heavy atom. The molecule has 0 atom stereocenters. The summed E-state index contributed by atoms with van der Waals surface area (Å²) in [6.45, 7) is 7.88. The van der Waals surface area contributed by atoms with Gasteiger partial charge in [0, 0.05) is 32.3 Å². The van der Waals surface area contributed by atoms with Crippen LogP contribution in [0.1, 0.15) is 70.7 Å². The van der Waals surface area contributed by atoms with Gasteiger partial charge in [-0.1, -0.05) is 119 Å². The summed E-state index contributed by atoms with van der Waals surface area (Å²) < 4.78 is 52.5. The standard InChI is InChI=1S/C68H50Cl4O8S/c1-67(2,79-57-29-15-48(16-30-57)66(74)62-42-52(70)22-40-64(62)72)49-17-5-43(6-18-49)46-11-25-54(26-12-46)78-56-31-35-59(36-32-56)81(75,76)60-37-33-58(34-38-60)80-68(3,4)50-19-7-44(8-20-50)45-9-23-53(24-10-45)77-55-27-13-47(14-28-55)65(73)61-41-51(69)21-39-63(61)71/h5-42H,1-4H3. The monoisotopic (exact) mass is 1170 g/mol. The molecule has 0 aliphatic carbocycles. The zero-order chi connectivity index (χ0) is 57.1. The molecule has 0 aliphatic heterocycles. The van der Waals surface area contributed by atoms with Crippen LogP contribution < -0.4 is 18.9 Å². The second-order valence-corrected chi connectivity index (χ2v) is 23.7. The molecule has 0 saturated carbocycles. The Balaban J connectivity index is 0.700. The van der Waals surface area contributed by atoms with Gasteiger partial charge in [0.05, 0.1) is 19.8 Å². The molecule has 81 heavy (non-hydrogen) atoms. The Bertz CT molecular complexity index is 4020. The molecule has 0 heterocycles. The lowest BCUT2D eigenvalue weighted by molar-refractivity contribution is 0.102. The van der Waals surface area contributed by atoms with E-state index in [2.05, 4.69) is 0 Å². The van der Waals surface area contributed by atoms with Crippen molar-refractivity contribution in [3.8, 4) is 56.8 Å². The maximum Gasteiger partial charge on any atom is 0.206 e. The minimum atomic E-state index is -3.85. The molecule has 10 aromatic carbocycles. The van der Waals surface area contributed by atoms with Crippen LogP contribution in [0.15, 0.2) is 240 Å². The van der Waals surface area contributed by atoms with Crippen molar-refractivity contribution in [3.05, 3.63) is 284 Å². The van der Waals surface area contributed by atoms with Crippen molar-refractivity contribution >= 4 is 67.8 Å². The topological polar surface area (TPSA) is 105 Å². The van der Waals surface area contributed by atoms with Gasteiger partial charge in [-0.15, -0.1) is 0 Å². The first kappa shape index (κ1) is 56.1. The average Bonchev–Trinajstić information content (AvgIpc) is 3.49. The number of carbonyl (C=O) groups excluding carboxylic acids is 2. The largest absolute Gasteiger partial charge is 0.483 e. The first-order valence-electron chi connectivity index (χ1n) is 25.6. The van der Waals surface area contributed by atoms with E-state index < -0.39 is 21.0 Å². The second-order valence-electron chi connectivity index (χ2n) is 20.0. The highest BCUT2D eigenvalue weighted by Gasteiger charge is 2.26. The van der Waals surface area contributed by atoms with Crippen LogP contribution >= 0.6 is 46.4 Å². The lowest BCUT2D eigenvalue weighted by atomic mass is 9.95. The molecule has 13 heteroatoms. The summed E-state index contributed by atoms with van der Waals surface area (Å²) in [6.07, 6.45) is 0. The van der Waals surface area contributed by atoms with Gasteiger partial charge in [-0.05, 0) is 219 Å². The fraction of sp³-hybridized carbons (Fsp3) is 0.0882. The molecule has 0 saturated heterocycles. The van der Waals surface area contributed by atoms with Crippen LogP contribution in [0.25, 0.3) is 22.3 Å². The smallest absolute Gasteiger partial charge is 0.206 e. The predicted molar refractivity (Wildman–Crippen MR) is 322 cm³/mol. The van der Waals surface area contributed by atoms with E-state index in [1.807, 2.05) is 125 Å². The van der Waals surface area contributed by atoms with Gasteiger partial charge >= 0.3 is 0 Å². The van der Waals surface area contributed by atoms with E-state index in [1.54, 1.807) is 121 Å². The quantitative estimate of drug-likeness (QED) is 0.0783. The molecule has 0 radical (unpaired) electrons. The van der Waals surface area contributed by atoms with Crippen molar-refractivity contribution in [1.29, 1.82) is 0 Å². The van der Waals surface area contributed by atoms with E-state index in [0.717, 1.165) is 33.4 Å². The molecule has 404 valence electrons. The van der Waals surface area contributed by atoms with Crippen molar-refractivity contribution in [3.63, 3.8) is 0 Å². The van der Waals surface area contributed by atoms with E-state index in [1.165, 1.54) is 12.1 Å². The van der Waals surface area contributed by atoms with Gasteiger partial charge in [0.25, 0.3) is 0 Å². The number of ether oxygens (including phenoxy) is 4. The van der Waals surface area contributed by atoms with Crippen LogP contribution in [0.4, 0.5) is 0 Å². The average molecular weight is 1170 g/mol. The molecule has 0 amide bonds. The van der Waals surface area contributed by atoms with Crippen molar-refractivity contribution in [2.45, 2.75) is 48.7 Å². The predicted octanol–water partition coefficient (Wildman–Crippen LogP) is 19.1. The molecule has 0 unspecified atom stereocenters. The Labute approximate surface area is 490 Å². The number of sulfone groups is 1. The van der Waals surface area contributed by atoms with E-state index in [9.17, 15) is 18.0 Å². The lowest BCUT2D eigenvalue weighted by Crippen LogP contribution is -2.25. The second kappa shape index (κ2) is 23.5. The van der Waals surface area contributed by atoms with Crippen LogP contribution in [0.2, 0.25) is 20.1 Å². The zero-order valence-electron chi connectivity index (χ0n) is 44.1. The van der Waals surface area contributed by atoms with Crippen LogP contribution in [-0.4, -0.2) is 20.0 Å². The zero-order valence-corrected chi connectivity index (χ0v) is 48.0. The number of hydrogen-bond donors (Lipinski definition) is 0. The summed E-state index contributed by atoms with van der Waals surface area (Å²) in [6, 6.07) is 67.7. The first-order chi connectivity index (χ1) is 38.8. The first-order valence-corrected chi connectivity index (χ1v) is 28.6. The summed E-state index contributed by atoms with van der Waals surface area (Å²) in [5.41, 5.74) is 6.04. The molecule has 0 bridgehead atoms. The molecule has 0 N–H and O–H groups in total. The number of hydrogen-bond acceptors (Lipinski definition) is 8. The van der Waals surface area contributed by atoms with Crippen LogP contribution in [0, 0.1) is 0 Å². The summed E-state index contributed by atoms with van der Waals surface area (Å²) >= 11 is 24.7. The summed E-state index contributed by atoms with van der Waals surface area (Å²) in [5, 5.41) is 1.53. The number of benzene rings is 10. The van der Waals surface area contributed by atoms with Crippen molar-refractivity contribution in [2.24, 2.45) is 0 Å². The SMILES string of the molecule is CC(C)(Oc1ccc(C(=O)c2cc(Cl)ccc2Cl)cc1)c1ccc(-c2ccc(Oc3ccc(S(=O)(=O)c4ccc(OC(C)(C)c5ccc(-c6ccc(Oc7ccc(C(=O)c8cc(Cl)ccc8Cl)cc7)cc6)cc5)cc4)cc3)cc2)cc1. The third-order valence-corrected chi connectivity index (χ3v) is 16.5. The normalized spacial score (nSPS) is 11.7. The molecule has 0 spiro atoms. The van der Waals surface area contributed by atoms with Crippen LogP contribution in [0.5, 0.6) is 34.5 Å². The third-order valence-electron chi connectivity index (χ3n) is 13.6. The van der Waals surface area contributed by atoms with Crippen molar-refractivity contribution in [2.75, 3.05) is 0 Å². The van der Waals surface area contributed by atoms with Gasteiger partial charge in [-0.3, -0.25) is 9.59 Å². The van der Waals surface area contributed by atoms with E-state index in [-0.39, 0.29) is 21.4 Å². The number of ketones is 2. The van der Waals surface area contributed by atoms with Gasteiger partial charge in [0.15, 0.2) is 11.6 Å². The van der Waals surface area contributed by atoms with E-state index in [4.69, 9.17) is 65.4 Å². The van der Waals surface area contributed by atoms with Crippen LogP contribution in [0.3, 0.4) is 0 Å². The van der Waals surface area contributed by atoms with Crippen molar-refractivity contribution in [1.82, 2.24) is 0 Å². The fourth-order valence-corrected chi connectivity index (χ4v) is 11.1. The maximum absolute atomic E-state index is 13.8. The highest BCUT2D eigenvalue weighted by molar-refractivity contribution is 7.91. The Kier molecular flexibility index (Phi) is 16.3. The fourth-order valence-electron chi connectivity index (χ4n) is 9.05. The van der Waals surface area contributed by atoms with E-state index >= 15 is 0 Å². The molecule has 0 fully saturated rings. The lowest BCUT2D eigenvalue weighted by Gasteiger charge is -2.27. The highest BCUT2D eigenvalue weighted by Crippen LogP contribution is 2.36. The van der Waals surface area contributed by atoms with Gasteiger partial charge in [-0.2, -0.15) is 0 Å². The Morgan fingerprint density at radius 1 is 0.346 bits per heavy atom. The number of carbonyl (C=O) groups is 2. The number of rotatable bonds is 18. The molecule has 0 aliphatic rings. The van der Waals surface area contributed by atoms with E-state index in [0.29, 0.717) is 76.8 Å². The minimum absolute atomic E-state index is 0.129. The number of halogens is 4. The summed E-state index contributed by atoms with van der Waals surface area (Å²) in [7, 11) is -3.85. The molecule has 10 rings (SSSR count). The third kappa shape index (κ3) is 13.1. The minimum Gasteiger partial charge on any atom is -0.483 e. The van der Waals surface area contributed by atoms with Crippen LogP contribution in [-0.2, 0) is 21.0 Å². The van der Waals surface area contributed by atoms with Gasteiger partial charge in [0.1, 0.15) is 45.7 Å². The summed E-state index contributed by atoms with van der Waals surface area (Å²) in [4.78, 5) is 26.4. The van der Waals surface area contributed by atoms with Gasteiger partial charge in [-0.25, -0.2) is 8.42 Å². The van der Waals surface area contributed by atoms with Gasteiger partial charge in [0.2, 0.25) is 9.84 Å². The highest BCUT2D eigenvalue weighted by atomic mass is 35.5. The molecule has 0 aromatic heterocycles. The molecular weight excluding hydrogens is 1120 g/mol. The van der Waals surface area contributed by atoms with Crippen molar-refractivity contribution < 1.29 is 37.0 Å². The van der Waals surface area contributed by atoms with Gasteiger partial charge < -0.3 is 18.9 Å².